The van der Waals surface area contributed by atoms with Gasteiger partial charge in [0.05, 0.1) is 18.8 Å². The zero-order valence-electron chi connectivity index (χ0n) is 20.3. The third-order valence-corrected chi connectivity index (χ3v) is 5.99. The van der Waals surface area contributed by atoms with Gasteiger partial charge in [-0.15, -0.1) is 0 Å². The third kappa shape index (κ3) is 5.97. The van der Waals surface area contributed by atoms with E-state index in [0.29, 0.717) is 38.7 Å². The van der Waals surface area contributed by atoms with E-state index < -0.39 is 34.9 Å². The molecule has 2 aliphatic heterocycles. The molecule has 2 fully saturated rings. The zero-order chi connectivity index (χ0) is 26.1. The quantitative estimate of drug-likeness (QED) is 0.534. The summed E-state index contributed by atoms with van der Waals surface area (Å²) in [5.41, 5.74) is -2.48. The van der Waals surface area contributed by atoms with Crippen molar-refractivity contribution in [3.63, 3.8) is 0 Å². The Kier molecular flexibility index (Phi) is 7.00. The van der Waals surface area contributed by atoms with E-state index in [1.807, 2.05) is 0 Å². The Balaban J connectivity index is 1.55. The number of rotatable bonds is 3. The second-order valence-electron chi connectivity index (χ2n) is 9.84. The SMILES string of the molecule is CC(C)(C)OC(=O)N1CCOCC12CCN(c1nc(Oc3cccc(F)c3)cc(C(F)(F)F)n1)CC2. The van der Waals surface area contributed by atoms with Crippen molar-refractivity contribution >= 4 is 12.0 Å². The average molecular weight is 513 g/mol. The number of nitrogens with zero attached hydrogens (tertiary/aromatic N) is 4. The molecular formula is C24H28F4N4O4. The number of morpholine rings is 1. The summed E-state index contributed by atoms with van der Waals surface area (Å²) in [7, 11) is 0. The van der Waals surface area contributed by atoms with E-state index in [4.69, 9.17) is 14.2 Å². The molecule has 0 saturated carbocycles. The van der Waals surface area contributed by atoms with Gasteiger partial charge >= 0.3 is 12.3 Å². The maximum Gasteiger partial charge on any atom is 0.433 e. The number of anilines is 1. The highest BCUT2D eigenvalue weighted by molar-refractivity contribution is 5.69. The second-order valence-corrected chi connectivity index (χ2v) is 9.84. The van der Waals surface area contributed by atoms with Crippen LogP contribution in [0.4, 0.5) is 28.3 Å². The van der Waals surface area contributed by atoms with Crippen LogP contribution < -0.4 is 9.64 Å². The molecule has 3 heterocycles. The van der Waals surface area contributed by atoms with Gasteiger partial charge in [0.25, 0.3) is 0 Å². The largest absolute Gasteiger partial charge is 0.444 e. The van der Waals surface area contributed by atoms with Crippen molar-refractivity contribution in [2.24, 2.45) is 0 Å². The molecule has 2 saturated heterocycles. The number of halogens is 4. The standard InChI is InChI=1S/C24H28F4N4O4/c1-22(2,3)36-21(33)32-11-12-34-15-23(32)7-9-31(10-8-23)20-29-18(24(26,27)28)14-19(30-20)35-17-6-4-5-16(25)13-17/h4-6,13-14H,7-12,15H2,1-3H3. The van der Waals surface area contributed by atoms with Gasteiger partial charge in [-0.2, -0.15) is 18.2 Å². The first-order valence-corrected chi connectivity index (χ1v) is 11.6. The summed E-state index contributed by atoms with van der Waals surface area (Å²) in [5.74, 6) is -1.10. The molecule has 196 valence electrons. The van der Waals surface area contributed by atoms with Crippen molar-refractivity contribution in [1.29, 1.82) is 0 Å². The molecule has 0 atom stereocenters. The highest BCUT2D eigenvalue weighted by Crippen LogP contribution is 2.36. The van der Waals surface area contributed by atoms with E-state index in [2.05, 4.69) is 9.97 Å². The van der Waals surface area contributed by atoms with Crippen LogP contribution >= 0.6 is 0 Å². The molecule has 1 aromatic carbocycles. The normalized spacial score (nSPS) is 18.3. The van der Waals surface area contributed by atoms with E-state index >= 15 is 0 Å². The molecule has 1 spiro atoms. The number of hydrogen-bond donors (Lipinski definition) is 0. The smallest absolute Gasteiger partial charge is 0.433 e. The minimum Gasteiger partial charge on any atom is -0.444 e. The fraction of sp³-hybridized carbons (Fsp3) is 0.542. The van der Waals surface area contributed by atoms with Crippen molar-refractivity contribution in [3.05, 3.63) is 41.8 Å². The van der Waals surface area contributed by atoms with Gasteiger partial charge in [0, 0.05) is 31.8 Å². The van der Waals surface area contributed by atoms with Gasteiger partial charge in [-0.25, -0.2) is 14.2 Å². The average Bonchev–Trinajstić information content (AvgIpc) is 2.78. The number of amides is 1. The van der Waals surface area contributed by atoms with E-state index in [1.165, 1.54) is 18.2 Å². The summed E-state index contributed by atoms with van der Waals surface area (Å²) in [5, 5.41) is 0. The Morgan fingerprint density at radius 3 is 2.44 bits per heavy atom. The molecule has 0 bridgehead atoms. The summed E-state index contributed by atoms with van der Waals surface area (Å²) in [6.07, 6.45) is -4.34. The van der Waals surface area contributed by atoms with Gasteiger partial charge in [0.1, 0.15) is 17.2 Å². The fourth-order valence-electron chi connectivity index (χ4n) is 4.28. The molecule has 2 aliphatic rings. The first-order valence-electron chi connectivity index (χ1n) is 11.6. The lowest BCUT2D eigenvalue weighted by Crippen LogP contribution is -2.63. The van der Waals surface area contributed by atoms with Crippen molar-refractivity contribution in [2.45, 2.75) is 50.9 Å². The molecule has 0 aliphatic carbocycles. The van der Waals surface area contributed by atoms with Gasteiger partial charge in [-0.1, -0.05) is 6.07 Å². The minimum absolute atomic E-state index is 0.0118. The zero-order valence-corrected chi connectivity index (χ0v) is 20.3. The van der Waals surface area contributed by atoms with Gasteiger partial charge in [-0.05, 0) is 45.7 Å². The number of piperidine rings is 1. The molecular weight excluding hydrogens is 484 g/mol. The lowest BCUT2D eigenvalue weighted by molar-refractivity contribution is -0.141. The highest BCUT2D eigenvalue weighted by Gasteiger charge is 2.46. The van der Waals surface area contributed by atoms with Crippen LogP contribution in [0.5, 0.6) is 11.6 Å². The van der Waals surface area contributed by atoms with E-state index in [0.717, 1.165) is 6.07 Å². The van der Waals surface area contributed by atoms with Crippen LogP contribution in [0.2, 0.25) is 0 Å². The third-order valence-electron chi connectivity index (χ3n) is 5.99. The van der Waals surface area contributed by atoms with Crippen LogP contribution in [-0.2, 0) is 15.7 Å². The van der Waals surface area contributed by atoms with Crippen molar-refractivity contribution in [3.8, 4) is 11.6 Å². The Hall–Kier alpha value is -3.15. The molecule has 2 aromatic rings. The lowest BCUT2D eigenvalue weighted by atomic mass is 9.85. The highest BCUT2D eigenvalue weighted by atomic mass is 19.4. The number of aromatic nitrogens is 2. The molecule has 0 radical (unpaired) electrons. The van der Waals surface area contributed by atoms with Gasteiger partial charge in [0.15, 0.2) is 5.69 Å². The number of ether oxygens (including phenoxy) is 3. The predicted molar refractivity (Wildman–Crippen MR) is 121 cm³/mol. The molecule has 8 nitrogen and oxygen atoms in total. The monoisotopic (exact) mass is 512 g/mol. The molecule has 0 unspecified atom stereocenters. The first kappa shape index (κ1) is 25.9. The Labute approximate surface area is 206 Å². The second kappa shape index (κ2) is 9.72. The predicted octanol–water partition coefficient (Wildman–Crippen LogP) is 5.03. The number of alkyl halides is 3. The molecule has 0 N–H and O–H groups in total. The van der Waals surface area contributed by atoms with Gasteiger partial charge < -0.3 is 19.1 Å². The number of hydrogen-bond acceptors (Lipinski definition) is 7. The van der Waals surface area contributed by atoms with Crippen LogP contribution in [0.15, 0.2) is 30.3 Å². The lowest BCUT2D eigenvalue weighted by Gasteiger charge is -2.50. The minimum atomic E-state index is -4.74. The van der Waals surface area contributed by atoms with Crippen molar-refractivity contribution in [1.82, 2.24) is 14.9 Å². The van der Waals surface area contributed by atoms with Crippen LogP contribution in [0.25, 0.3) is 0 Å². The van der Waals surface area contributed by atoms with Gasteiger partial charge in [0.2, 0.25) is 11.8 Å². The number of carbonyl (C=O) groups is 1. The van der Waals surface area contributed by atoms with Crippen LogP contribution in [0.1, 0.15) is 39.3 Å². The van der Waals surface area contributed by atoms with E-state index in [-0.39, 0.29) is 30.7 Å². The first-order chi connectivity index (χ1) is 16.8. The molecule has 1 aromatic heterocycles. The van der Waals surface area contributed by atoms with Crippen molar-refractivity contribution in [2.75, 3.05) is 37.7 Å². The summed E-state index contributed by atoms with van der Waals surface area (Å²) in [6.45, 7) is 6.96. The Morgan fingerprint density at radius 1 is 1.08 bits per heavy atom. The molecule has 1 amide bonds. The summed E-state index contributed by atoms with van der Waals surface area (Å²) in [6, 6.07) is 5.72. The number of benzene rings is 1. The maximum absolute atomic E-state index is 13.6. The summed E-state index contributed by atoms with van der Waals surface area (Å²) in [4.78, 5) is 24.0. The van der Waals surface area contributed by atoms with Crippen molar-refractivity contribution < 1.29 is 36.6 Å². The molecule has 36 heavy (non-hydrogen) atoms. The van der Waals surface area contributed by atoms with E-state index in [1.54, 1.807) is 30.6 Å². The Morgan fingerprint density at radius 2 is 1.81 bits per heavy atom. The fourth-order valence-corrected chi connectivity index (χ4v) is 4.28. The summed E-state index contributed by atoms with van der Waals surface area (Å²) < 4.78 is 70.9. The topological polar surface area (TPSA) is 77.0 Å². The Bertz CT molecular complexity index is 1100. The molecule has 4 rings (SSSR count). The van der Waals surface area contributed by atoms with Crippen LogP contribution in [-0.4, -0.2) is 64.9 Å². The van der Waals surface area contributed by atoms with Gasteiger partial charge in [-0.3, -0.25) is 4.90 Å². The number of carbonyl (C=O) groups excluding carboxylic acids is 1. The molecule has 12 heteroatoms. The van der Waals surface area contributed by atoms with Crippen LogP contribution in [0, 0.1) is 5.82 Å². The maximum atomic E-state index is 13.6. The summed E-state index contributed by atoms with van der Waals surface area (Å²) >= 11 is 0. The van der Waals surface area contributed by atoms with Crippen LogP contribution in [0.3, 0.4) is 0 Å². The van der Waals surface area contributed by atoms with E-state index in [9.17, 15) is 22.4 Å².